The molecule has 2 aliphatic heterocycles. The maximum absolute atomic E-state index is 13.4. The van der Waals surface area contributed by atoms with Crippen LogP contribution in [0.25, 0.3) is 0 Å². The van der Waals surface area contributed by atoms with Crippen LogP contribution >= 0.6 is 11.6 Å². The van der Waals surface area contributed by atoms with Gasteiger partial charge in [0.1, 0.15) is 0 Å². The highest BCUT2D eigenvalue weighted by Crippen LogP contribution is 2.41. The van der Waals surface area contributed by atoms with Crippen molar-refractivity contribution >= 4 is 17.5 Å². The highest BCUT2D eigenvalue weighted by molar-refractivity contribution is 6.31. The Hall–Kier alpha value is -1.10. The molecule has 126 valence electrons. The molecule has 0 aromatic heterocycles. The highest BCUT2D eigenvalue weighted by Gasteiger charge is 2.46. The summed E-state index contributed by atoms with van der Waals surface area (Å²) in [6.45, 7) is 3.88. The number of halogens is 1. The largest absolute Gasteiger partial charge is 0.381 e. The van der Waals surface area contributed by atoms with Gasteiger partial charge in [0.25, 0.3) is 0 Å². The number of amides is 1. The summed E-state index contributed by atoms with van der Waals surface area (Å²) in [6.07, 6.45) is 2.49. The van der Waals surface area contributed by atoms with Crippen LogP contribution in [0.2, 0.25) is 5.02 Å². The second-order valence-corrected chi connectivity index (χ2v) is 7.05. The van der Waals surface area contributed by atoms with E-state index < -0.39 is 5.41 Å². The zero-order chi connectivity index (χ0) is 16.3. The summed E-state index contributed by atoms with van der Waals surface area (Å²) in [5.41, 5.74) is 0.442. The van der Waals surface area contributed by atoms with Crippen molar-refractivity contribution in [1.29, 1.82) is 0 Å². The van der Waals surface area contributed by atoms with E-state index in [0.29, 0.717) is 37.0 Å². The van der Waals surface area contributed by atoms with Crippen LogP contribution in [0.5, 0.6) is 0 Å². The van der Waals surface area contributed by atoms with Crippen molar-refractivity contribution in [2.45, 2.75) is 24.7 Å². The number of carbonyl (C=O) groups excluding carboxylic acids is 1. The minimum absolute atomic E-state index is 0.229. The number of nitrogens with one attached hydrogen (secondary N) is 1. The minimum atomic E-state index is -0.523. The SMILES string of the molecule is CNCC1CCN(C(=O)C2(c3ccccc3Cl)CCOCC2)C1. The summed E-state index contributed by atoms with van der Waals surface area (Å²) in [4.78, 5) is 15.5. The molecule has 0 aliphatic carbocycles. The van der Waals surface area contributed by atoms with Gasteiger partial charge in [0, 0.05) is 31.3 Å². The topological polar surface area (TPSA) is 41.6 Å². The van der Waals surface area contributed by atoms with Gasteiger partial charge < -0.3 is 15.0 Å². The predicted octanol–water partition coefficient (Wildman–Crippen LogP) is 2.46. The van der Waals surface area contributed by atoms with Crippen molar-refractivity contribution in [3.63, 3.8) is 0 Å². The minimum Gasteiger partial charge on any atom is -0.381 e. The number of likely N-dealkylation sites (tertiary alicyclic amines) is 1. The first-order chi connectivity index (χ1) is 11.2. The van der Waals surface area contributed by atoms with Crippen molar-refractivity contribution in [3.8, 4) is 0 Å². The quantitative estimate of drug-likeness (QED) is 0.918. The average molecular weight is 337 g/mol. The number of nitrogens with zero attached hydrogens (tertiary/aromatic N) is 1. The van der Waals surface area contributed by atoms with Crippen LogP contribution in [0.4, 0.5) is 0 Å². The number of carbonyl (C=O) groups is 1. The van der Waals surface area contributed by atoms with Gasteiger partial charge in [0.2, 0.25) is 5.91 Å². The van der Waals surface area contributed by atoms with Gasteiger partial charge in [-0.25, -0.2) is 0 Å². The van der Waals surface area contributed by atoms with Crippen LogP contribution < -0.4 is 5.32 Å². The molecular formula is C18H25ClN2O2. The summed E-state index contributed by atoms with van der Waals surface area (Å²) in [5.74, 6) is 0.777. The van der Waals surface area contributed by atoms with Crippen LogP contribution in [-0.2, 0) is 14.9 Å². The van der Waals surface area contributed by atoms with E-state index in [1.54, 1.807) is 0 Å². The maximum Gasteiger partial charge on any atom is 0.233 e. The van der Waals surface area contributed by atoms with E-state index in [1.807, 2.05) is 36.2 Å². The smallest absolute Gasteiger partial charge is 0.233 e. The third kappa shape index (κ3) is 3.25. The van der Waals surface area contributed by atoms with Crippen molar-refractivity contribution in [1.82, 2.24) is 10.2 Å². The molecule has 4 nitrogen and oxygen atoms in total. The highest BCUT2D eigenvalue weighted by atomic mass is 35.5. The summed E-state index contributed by atoms with van der Waals surface area (Å²) < 4.78 is 5.53. The molecule has 1 aromatic rings. The molecule has 1 aromatic carbocycles. The zero-order valence-electron chi connectivity index (χ0n) is 13.7. The number of hydrogen-bond donors (Lipinski definition) is 1. The van der Waals surface area contributed by atoms with E-state index in [9.17, 15) is 4.79 Å². The number of rotatable bonds is 4. The molecule has 0 radical (unpaired) electrons. The van der Waals surface area contributed by atoms with Crippen LogP contribution in [0.1, 0.15) is 24.8 Å². The monoisotopic (exact) mass is 336 g/mol. The van der Waals surface area contributed by atoms with Gasteiger partial charge in [-0.15, -0.1) is 0 Å². The molecule has 2 heterocycles. The Labute approximate surface area is 143 Å². The molecule has 0 spiro atoms. The molecule has 2 saturated heterocycles. The second kappa shape index (κ2) is 7.20. The number of hydrogen-bond acceptors (Lipinski definition) is 3. The van der Waals surface area contributed by atoms with E-state index >= 15 is 0 Å². The molecule has 1 atom stereocenters. The first-order valence-electron chi connectivity index (χ1n) is 8.44. The van der Waals surface area contributed by atoms with Gasteiger partial charge >= 0.3 is 0 Å². The Morgan fingerprint density at radius 1 is 1.39 bits per heavy atom. The van der Waals surface area contributed by atoms with Crippen LogP contribution in [0.3, 0.4) is 0 Å². The molecule has 1 unspecified atom stereocenters. The average Bonchev–Trinajstić information content (AvgIpc) is 3.04. The van der Waals surface area contributed by atoms with Gasteiger partial charge in [-0.05, 0) is 50.4 Å². The van der Waals surface area contributed by atoms with Crippen LogP contribution in [-0.4, -0.2) is 50.7 Å². The van der Waals surface area contributed by atoms with E-state index in [-0.39, 0.29) is 5.91 Å². The number of benzene rings is 1. The normalized spacial score (nSPS) is 23.9. The van der Waals surface area contributed by atoms with E-state index in [4.69, 9.17) is 16.3 Å². The molecule has 23 heavy (non-hydrogen) atoms. The molecule has 5 heteroatoms. The Bertz CT molecular complexity index is 558. The standard InChI is InChI=1S/C18H25ClN2O2/c1-20-12-14-6-9-21(13-14)17(22)18(7-10-23-11-8-18)15-4-2-3-5-16(15)19/h2-5,14,20H,6-13H2,1H3. The second-order valence-electron chi connectivity index (χ2n) is 6.64. The summed E-state index contributed by atoms with van der Waals surface area (Å²) in [6, 6.07) is 7.78. The van der Waals surface area contributed by atoms with Gasteiger partial charge in [-0.2, -0.15) is 0 Å². The first kappa shape index (κ1) is 16.7. The third-order valence-corrected chi connectivity index (χ3v) is 5.54. The Morgan fingerprint density at radius 2 is 2.13 bits per heavy atom. The molecule has 3 rings (SSSR count). The van der Waals surface area contributed by atoms with Gasteiger partial charge in [0.05, 0.1) is 5.41 Å². The van der Waals surface area contributed by atoms with Crippen LogP contribution in [0, 0.1) is 5.92 Å². The molecule has 1 amide bonds. The lowest BCUT2D eigenvalue weighted by molar-refractivity contribution is -0.140. The van der Waals surface area contributed by atoms with E-state index in [2.05, 4.69) is 5.32 Å². The fourth-order valence-electron chi connectivity index (χ4n) is 3.94. The summed E-state index contributed by atoms with van der Waals surface area (Å²) in [5, 5.41) is 3.91. The van der Waals surface area contributed by atoms with Crippen LogP contribution in [0.15, 0.2) is 24.3 Å². The predicted molar refractivity (Wildman–Crippen MR) is 91.8 cm³/mol. The lowest BCUT2D eigenvalue weighted by Gasteiger charge is -2.39. The van der Waals surface area contributed by atoms with Crippen molar-refractivity contribution < 1.29 is 9.53 Å². The maximum atomic E-state index is 13.4. The van der Waals surface area contributed by atoms with E-state index in [0.717, 1.165) is 31.6 Å². The summed E-state index contributed by atoms with van der Waals surface area (Å²) in [7, 11) is 1.97. The Kier molecular flexibility index (Phi) is 5.24. The molecule has 2 fully saturated rings. The van der Waals surface area contributed by atoms with Gasteiger partial charge in [-0.1, -0.05) is 29.8 Å². The first-order valence-corrected chi connectivity index (χ1v) is 8.82. The molecule has 1 N–H and O–H groups in total. The molecular weight excluding hydrogens is 312 g/mol. The van der Waals surface area contributed by atoms with Crippen molar-refractivity contribution in [3.05, 3.63) is 34.9 Å². The lowest BCUT2D eigenvalue weighted by atomic mass is 9.73. The van der Waals surface area contributed by atoms with Crippen molar-refractivity contribution in [2.24, 2.45) is 5.92 Å². The molecule has 2 aliphatic rings. The van der Waals surface area contributed by atoms with E-state index in [1.165, 1.54) is 0 Å². The van der Waals surface area contributed by atoms with Gasteiger partial charge in [0.15, 0.2) is 0 Å². The molecule has 0 bridgehead atoms. The summed E-state index contributed by atoms with van der Waals surface area (Å²) >= 11 is 6.45. The fourth-order valence-corrected chi connectivity index (χ4v) is 4.26. The van der Waals surface area contributed by atoms with Crippen molar-refractivity contribution in [2.75, 3.05) is 39.9 Å². The Morgan fingerprint density at radius 3 is 2.83 bits per heavy atom. The Balaban J connectivity index is 1.88. The zero-order valence-corrected chi connectivity index (χ0v) is 14.4. The lowest BCUT2D eigenvalue weighted by Crippen LogP contribution is -2.49. The third-order valence-electron chi connectivity index (χ3n) is 5.21. The molecule has 0 saturated carbocycles. The van der Waals surface area contributed by atoms with Gasteiger partial charge in [-0.3, -0.25) is 4.79 Å². The number of ether oxygens (including phenoxy) is 1. The fraction of sp³-hybridized carbons (Fsp3) is 0.611.